The Morgan fingerprint density at radius 2 is 1.69 bits per heavy atom. The summed E-state index contributed by atoms with van der Waals surface area (Å²) in [6, 6.07) is 19.9. The van der Waals surface area contributed by atoms with E-state index in [9.17, 15) is 9.59 Å². The van der Waals surface area contributed by atoms with E-state index >= 15 is 0 Å². The van der Waals surface area contributed by atoms with Crippen molar-refractivity contribution in [3.05, 3.63) is 93.7 Å². The first-order valence-corrected chi connectivity index (χ1v) is 11.0. The smallest absolute Gasteiger partial charge is 0.265 e. The van der Waals surface area contributed by atoms with Crippen LogP contribution in [0.3, 0.4) is 0 Å². The van der Waals surface area contributed by atoms with Crippen LogP contribution >= 0.6 is 15.9 Å². The number of halogens is 1. The second kappa shape index (κ2) is 9.01. The number of amides is 1. The molecule has 0 saturated heterocycles. The molecule has 0 aliphatic heterocycles. The van der Waals surface area contributed by atoms with E-state index in [0.29, 0.717) is 28.0 Å². The summed E-state index contributed by atoms with van der Waals surface area (Å²) in [5.41, 5.74) is 3.55. The molecule has 5 nitrogen and oxygen atoms in total. The molecule has 32 heavy (non-hydrogen) atoms. The molecule has 0 radical (unpaired) electrons. The first kappa shape index (κ1) is 21.8. The summed E-state index contributed by atoms with van der Waals surface area (Å²) in [7, 11) is 0. The molecule has 1 amide bonds. The third kappa shape index (κ3) is 4.46. The van der Waals surface area contributed by atoms with Crippen molar-refractivity contribution in [3.8, 4) is 5.75 Å². The van der Waals surface area contributed by atoms with Gasteiger partial charge in [0, 0.05) is 15.4 Å². The lowest BCUT2D eigenvalue weighted by Gasteiger charge is -2.15. The fraction of sp³-hybridized carbons (Fsp3) is 0.154. The number of carbonyl (C=O) groups excluding carboxylic acids is 2. The Balaban J connectivity index is 1.63. The summed E-state index contributed by atoms with van der Waals surface area (Å²) in [4.78, 5) is 26.1. The number of anilines is 1. The van der Waals surface area contributed by atoms with Crippen LogP contribution in [0.5, 0.6) is 5.75 Å². The summed E-state index contributed by atoms with van der Waals surface area (Å²) < 4.78 is 12.6. The minimum Gasteiger partial charge on any atom is -0.481 e. The van der Waals surface area contributed by atoms with E-state index in [1.807, 2.05) is 50.2 Å². The predicted molar refractivity (Wildman–Crippen MR) is 128 cm³/mol. The van der Waals surface area contributed by atoms with Gasteiger partial charge in [0.1, 0.15) is 11.3 Å². The van der Waals surface area contributed by atoms with Crippen LogP contribution in [0, 0.1) is 13.8 Å². The molecule has 0 bridgehead atoms. The average Bonchev–Trinajstić information content (AvgIpc) is 3.14. The number of ether oxygens (including phenoxy) is 1. The summed E-state index contributed by atoms with van der Waals surface area (Å²) in [6.07, 6.45) is -0.776. The van der Waals surface area contributed by atoms with Gasteiger partial charge in [-0.25, -0.2) is 0 Å². The number of rotatable bonds is 6. The van der Waals surface area contributed by atoms with Crippen LogP contribution in [0.4, 0.5) is 5.69 Å². The van der Waals surface area contributed by atoms with Crippen molar-refractivity contribution in [2.75, 3.05) is 5.32 Å². The first-order valence-electron chi connectivity index (χ1n) is 10.2. The maximum absolute atomic E-state index is 13.2. The molecule has 1 atom stereocenters. The van der Waals surface area contributed by atoms with E-state index in [2.05, 4.69) is 21.2 Å². The van der Waals surface area contributed by atoms with E-state index in [1.54, 1.807) is 37.3 Å². The molecular formula is C26H22BrNO4. The van der Waals surface area contributed by atoms with Crippen molar-refractivity contribution in [2.45, 2.75) is 26.9 Å². The minimum atomic E-state index is -0.776. The fourth-order valence-corrected chi connectivity index (χ4v) is 3.60. The van der Waals surface area contributed by atoms with Crippen molar-refractivity contribution >= 4 is 44.3 Å². The van der Waals surface area contributed by atoms with Crippen molar-refractivity contribution in [1.29, 1.82) is 0 Å². The molecule has 0 fully saturated rings. The summed E-state index contributed by atoms with van der Waals surface area (Å²) in [5.74, 6) is 0.00517. The number of fused-ring (bicyclic) bond motifs is 1. The van der Waals surface area contributed by atoms with Gasteiger partial charge in [0.25, 0.3) is 5.91 Å². The molecule has 0 aliphatic rings. The number of ketones is 1. The molecule has 162 valence electrons. The van der Waals surface area contributed by atoms with Crippen molar-refractivity contribution in [1.82, 2.24) is 0 Å². The Labute approximate surface area is 194 Å². The fourth-order valence-electron chi connectivity index (χ4n) is 3.33. The standard InChI is InChI=1S/C26H22BrNO4/c1-15-8-13-20(14-16(15)2)31-17(3)26(30)28-23-21-6-4-5-7-22(21)32-25(23)24(29)18-9-11-19(27)12-10-18/h4-14,17H,1-3H3,(H,28,30)/t17-/m1/s1. The highest BCUT2D eigenvalue weighted by Crippen LogP contribution is 2.33. The first-order chi connectivity index (χ1) is 15.3. The lowest BCUT2D eigenvalue weighted by Crippen LogP contribution is -2.30. The molecule has 0 spiro atoms. The highest BCUT2D eigenvalue weighted by atomic mass is 79.9. The normalized spacial score (nSPS) is 11.9. The van der Waals surface area contributed by atoms with Gasteiger partial charge >= 0.3 is 0 Å². The molecule has 0 saturated carbocycles. The number of nitrogens with one attached hydrogen (secondary N) is 1. The van der Waals surface area contributed by atoms with Crippen molar-refractivity contribution < 1.29 is 18.7 Å². The number of aryl methyl sites for hydroxylation is 2. The number of hydrogen-bond donors (Lipinski definition) is 1. The maximum Gasteiger partial charge on any atom is 0.265 e. The number of furan rings is 1. The second-order valence-corrected chi connectivity index (χ2v) is 8.55. The van der Waals surface area contributed by atoms with Crippen LogP contribution in [0.25, 0.3) is 11.0 Å². The molecule has 1 N–H and O–H groups in total. The molecule has 1 aromatic heterocycles. The Kier molecular flexibility index (Phi) is 6.15. The van der Waals surface area contributed by atoms with Gasteiger partial charge in [-0.05, 0) is 80.4 Å². The van der Waals surface area contributed by atoms with E-state index in [-0.39, 0.29) is 17.5 Å². The maximum atomic E-state index is 13.2. The largest absolute Gasteiger partial charge is 0.481 e. The van der Waals surface area contributed by atoms with E-state index in [4.69, 9.17) is 9.15 Å². The predicted octanol–water partition coefficient (Wildman–Crippen LogP) is 6.45. The summed E-state index contributed by atoms with van der Waals surface area (Å²) >= 11 is 3.37. The van der Waals surface area contributed by atoms with E-state index in [1.165, 1.54) is 0 Å². The Hall–Kier alpha value is -3.38. The van der Waals surface area contributed by atoms with Crippen LogP contribution < -0.4 is 10.1 Å². The van der Waals surface area contributed by atoms with E-state index < -0.39 is 6.10 Å². The minimum absolute atomic E-state index is 0.0836. The lowest BCUT2D eigenvalue weighted by atomic mass is 10.1. The zero-order chi connectivity index (χ0) is 22.8. The van der Waals surface area contributed by atoms with Gasteiger partial charge in [-0.3, -0.25) is 9.59 Å². The Morgan fingerprint density at radius 3 is 2.41 bits per heavy atom. The number of carbonyl (C=O) groups is 2. The van der Waals surface area contributed by atoms with Gasteiger partial charge in [-0.15, -0.1) is 0 Å². The van der Waals surface area contributed by atoms with Gasteiger partial charge in [0.15, 0.2) is 11.9 Å². The average molecular weight is 492 g/mol. The quantitative estimate of drug-likeness (QED) is 0.314. The molecule has 4 rings (SSSR count). The zero-order valence-electron chi connectivity index (χ0n) is 17.9. The van der Waals surface area contributed by atoms with Crippen molar-refractivity contribution in [3.63, 3.8) is 0 Å². The SMILES string of the molecule is Cc1ccc(O[C@H](C)C(=O)Nc2c(C(=O)c3ccc(Br)cc3)oc3ccccc23)cc1C. The third-order valence-electron chi connectivity index (χ3n) is 5.32. The Bertz CT molecular complexity index is 1310. The highest BCUT2D eigenvalue weighted by Gasteiger charge is 2.25. The topological polar surface area (TPSA) is 68.5 Å². The summed E-state index contributed by atoms with van der Waals surface area (Å²) in [6.45, 7) is 5.68. The van der Waals surface area contributed by atoms with Gasteiger partial charge in [-0.2, -0.15) is 0 Å². The van der Waals surface area contributed by atoms with Crippen molar-refractivity contribution in [2.24, 2.45) is 0 Å². The number of para-hydroxylation sites is 1. The third-order valence-corrected chi connectivity index (χ3v) is 5.85. The van der Waals surface area contributed by atoms with Gasteiger partial charge in [0.05, 0.1) is 5.69 Å². The molecule has 6 heteroatoms. The Morgan fingerprint density at radius 1 is 0.969 bits per heavy atom. The van der Waals surface area contributed by atoms with Crippen LogP contribution in [0.1, 0.15) is 34.2 Å². The molecule has 0 unspecified atom stereocenters. The molecule has 1 heterocycles. The molecule has 4 aromatic rings. The van der Waals surface area contributed by atoms with Gasteiger partial charge < -0.3 is 14.5 Å². The highest BCUT2D eigenvalue weighted by molar-refractivity contribution is 9.10. The van der Waals surface area contributed by atoms with Crippen LogP contribution in [0.2, 0.25) is 0 Å². The molecular weight excluding hydrogens is 470 g/mol. The van der Waals surface area contributed by atoms with Gasteiger partial charge in [-0.1, -0.05) is 34.1 Å². The monoisotopic (exact) mass is 491 g/mol. The number of hydrogen-bond acceptors (Lipinski definition) is 4. The van der Waals surface area contributed by atoms with Crippen LogP contribution in [0.15, 0.2) is 75.6 Å². The van der Waals surface area contributed by atoms with Gasteiger partial charge in [0.2, 0.25) is 5.78 Å². The van der Waals surface area contributed by atoms with E-state index in [0.717, 1.165) is 15.6 Å². The lowest BCUT2D eigenvalue weighted by molar-refractivity contribution is -0.122. The second-order valence-electron chi connectivity index (χ2n) is 7.63. The molecule has 0 aliphatic carbocycles. The van der Waals surface area contributed by atoms with Crippen LogP contribution in [-0.4, -0.2) is 17.8 Å². The molecule has 3 aromatic carbocycles. The number of benzene rings is 3. The summed E-state index contributed by atoms with van der Waals surface area (Å²) in [5, 5.41) is 3.51. The zero-order valence-corrected chi connectivity index (χ0v) is 19.5. The van der Waals surface area contributed by atoms with Crippen LogP contribution in [-0.2, 0) is 4.79 Å².